The normalized spacial score (nSPS) is 17.0. The maximum atomic E-state index is 3.69. The quantitative estimate of drug-likeness (QED) is 0.718. The van der Waals surface area contributed by atoms with Gasteiger partial charge in [-0.2, -0.15) is 0 Å². The van der Waals surface area contributed by atoms with Crippen molar-refractivity contribution in [3.8, 4) is 0 Å². The first kappa shape index (κ1) is 12.6. The van der Waals surface area contributed by atoms with Gasteiger partial charge in [0.15, 0.2) is 0 Å². The second-order valence-corrected chi connectivity index (χ2v) is 5.38. The molecule has 2 rings (SSSR count). The fourth-order valence-corrected chi connectivity index (χ4v) is 2.34. The summed E-state index contributed by atoms with van der Waals surface area (Å²) in [4.78, 5) is 0. The smallest absolute Gasteiger partial charge is 0.00683 e. The van der Waals surface area contributed by atoms with Crippen LogP contribution in [0.25, 0.3) is 0 Å². The van der Waals surface area contributed by atoms with E-state index in [0.29, 0.717) is 0 Å². The molecular formula is C16H25N. The van der Waals surface area contributed by atoms with E-state index in [4.69, 9.17) is 0 Å². The number of nitrogens with one attached hydrogen (secondary N) is 1. The maximum Gasteiger partial charge on any atom is 0.00683 e. The van der Waals surface area contributed by atoms with Gasteiger partial charge >= 0.3 is 0 Å². The molecule has 1 aliphatic rings. The van der Waals surface area contributed by atoms with Crippen LogP contribution < -0.4 is 5.32 Å². The number of benzene rings is 1. The molecule has 0 heterocycles. The first-order chi connectivity index (χ1) is 8.38. The summed E-state index contributed by atoms with van der Waals surface area (Å²) < 4.78 is 0. The molecule has 1 atom stereocenters. The summed E-state index contributed by atoms with van der Waals surface area (Å²) in [5.74, 6) is 0.818. The van der Waals surface area contributed by atoms with Crippen molar-refractivity contribution in [2.75, 3.05) is 6.54 Å². The fraction of sp³-hybridized carbons (Fsp3) is 0.625. The average molecular weight is 231 g/mol. The Balaban J connectivity index is 1.80. The van der Waals surface area contributed by atoms with E-state index in [-0.39, 0.29) is 0 Å². The van der Waals surface area contributed by atoms with Crippen LogP contribution in [0.3, 0.4) is 0 Å². The van der Waals surface area contributed by atoms with Gasteiger partial charge in [0.2, 0.25) is 0 Å². The summed E-state index contributed by atoms with van der Waals surface area (Å²) in [5.41, 5.74) is 1.49. The van der Waals surface area contributed by atoms with E-state index >= 15 is 0 Å². The molecule has 1 N–H and O–H groups in total. The Bertz CT molecular complexity index is 303. The Morgan fingerprint density at radius 2 is 2.00 bits per heavy atom. The summed E-state index contributed by atoms with van der Waals surface area (Å²) in [6.07, 6.45) is 8.07. The lowest BCUT2D eigenvalue weighted by molar-refractivity contribution is 0.427. The van der Waals surface area contributed by atoms with E-state index < -0.39 is 0 Å². The lowest BCUT2D eigenvalue weighted by Crippen LogP contribution is -2.26. The molecule has 1 aromatic rings. The van der Waals surface area contributed by atoms with Crippen LogP contribution >= 0.6 is 0 Å². The van der Waals surface area contributed by atoms with Gasteiger partial charge < -0.3 is 5.32 Å². The van der Waals surface area contributed by atoms with E-state index in [1.807, 2.05) is 0 Å². The van der Waals surface area contributed by atoms with Crippen molar-refractivity contribution >= 4 is 0 Å². The van der Waals surface area contributed by atoms with Crippen LogP contribution in [0.2, 0.25) is 0 Å². The Hall–Kier alpha value is -0.820. The number of unbranched alkanes of at least 4 members (excludes halogenated alkanes) is 1. The summed E-state index contributed by atoms with van der Waals surface area (Å²) in [6.45, 7) is 3.49. The summed E-state index contributed by atoms with van der Waals surface area (Å²) in [7, 11) is 0. The minimum Gasteiger partial charge on any atom is -0.314 e. The zero-order chi connectivity index (χ0) is 11.9. The van der Waals surface area contributed by atoms with Crippen LogP contribution in [0.4, 0.5) is 0 Å². The monoisotopic (exact) mass is 231 g/mol. The highest BCUT2D eigenvalue weighted by Gasteiger charge is 2.21. The van der Waals surface area contributed by atoms with Gasteiger partial charge in [-0.05, 0) is 43.7 Å². The minimum absolute atomic E-state index is 0.818. The Morgan fingerprint density at radius 3 is 2.65 bits per heavy atom. The molecule has 1 aromatic carbocycles. The van der Waals surface area contributed by atoms with Crippen molar-refractivity contribution in [1.82, 2.24) is 5.32 Å². The predicted molar refractivity (Wildman–Crippen MR) is 74.2 cm³/mol. The van der Waals surface area contributed by atoms with Gasteiger partial charge in [-0.25, -0.2) is 0 Å². The van der Waals surface area contributed by atoms with Crippen molar-refractivity contribution in [3.05, 3.63) is 35.9 Å². The zero-order valence-corrected chi connectivity index (χ0v) is 11.0. The highest BCUT2D eigenvalue weighted by molar-refractivity contribution is 5.15. The van der Waals surface area contributed by atoms with Crippen molar-refractivity contribution in [2.24, 2.45) is 5.92 Å². The lowest BCUT2D eigenvalue weighted by atomic mass is 9.94. The molecule has 0 amide bonds. The van der Waals surface area contributed by atoms with Gasteiger partial charge in [0.1, 0.15) is 0 Å². The minimum atomic E-state index is 0.818. The van der Waals surface area contributed by atoms with Gasteiger partial charge in [-0.1, -0.05) is 50.1 Å². The molecule has 0 spiro atoms. The van der Waals surface area contributed by atoms with Crippen LogP contribution in [0.1, 0.15) is 44.6 Å². The van der Waals surface area contributed by atoms with Gasteiger partial charge in [-0.3, -0.25) is 0 Å². The third kappa shape index (κ3) is 4.91. The molecule has 1 unspecified atom stereocenters. The standard InChI is InChI=1S/C16H25N/c1-2-3-7-15(13-17-16-10-11-16)12-14-8-5-4-6-9-14/h4-6,8-9,15-17H,2-3,7,10-13H2,1H3. The molecule has 0 saturated heterocycles. The topological polar surface area (TPSA) is 12.0 Å². The SMILES string of the molecule is CCCCC(CNC1CC1)Cc1ccccc1. The zero-order valence-electron chi connectivity index (χ0n) is 11.0. The van der Waals surface area contributed by atoms with Crippen molar-refractivity contribution in [3.63, 3.8) is 0 Å². The fourth-order valence-electron chi connectivity index (χ4n) is 2.34. The molecule has 1 aliphatic carbocycles. The van der Waals surface area contributed by atoms with Crippen LogP contribution in [-0.4, -0.2) is 12.6 Å². The molecular weight excluding hydrogens is 206 g/mol. The predicted octanol–water partition coefficient (Wildman–Crippen LogP) is 3.79. The molecule has 94 valence electrons. The number of hydrogen-bond acceptors (Lipinski definition) is 1. The van der Waals surface area contributed by atoms with Crippen LogP contribution in [0.5, 0.6) is 0 Å². The molecule has 1 saturated carbocycles. The third-order valence-electron chi connectivity index (χ3n) is 3.61. The molecule has 0 aliphatic heterocycles. The molecule has 0 radical (unpaired) electrons. The number of hydrogen-bond donors (Lipinski definition) is 1. The molecule has 1 nitrogen and oxygen atoms in total. The van der Waals surface area contributed by atoms with E-state index in [0.717, 1.165) is 12.0 Å². The first-order valence-corrected chi connectivity index (χ1v) is 7.15. The van der Waals surface area contributed by atoms with Gasteiger partial charge in [-0.15, -0.1) is 0 Å². The molecule has 1 heteroatoms. The Morgan fingerprint density at radius 1 is 1.24 bits per heavy atom. The van der Waals surface area contributed by atoms with Gasteiger partial charge in [0.05, 0.1) is 0 Å². The number of rotatable bonds is 8. The highest BCUT2D eigenvalue weighted by atomic mass is 14.9. The molecule has 0 aromatic heterocycles. The van der Waals surface area contributed by atoms with Crippen LogP contribution in [0, 0.1) is 5.92 Å². The van der Waals surface area contributed by atoms with Gasteiger partial charge in [0, 0.05) is 6.04 Å². The highest BCUT2D eigenvalue weighted by Crippen LogP contribution is 2.21. The maximum absolute atomic E-state index is 3.69. The van der Waals surface area contributed by atoms with E-state index in [1.54, 1.807) is 0 Å². The van der Waals surface area contributed by atoms with Crippen molar-refractivity contribution in [2.45, 2.75) is 51.5 Å². The summed E-state index contributed by atoms with van der Waals surface area (Å²) >= 11 is 0. The third-order valence-corrected chi connectivity index (χ3v) is 3.61. The van der Waals surface area contributed by atoms with Gasteiger partial charge in [0.25, 0.3) is 0 Å². The van der Waals surface area contributed by atoms with E-state index in [2.05, 4.69) is 42.6 Å². The van der Waals surface area contributed by atoms with E-state index in [9.17, 15) is 0 Å². The van der Waals surface area contributed by atoms with E-state index in [1.165, 1.54) is 50.6 Å². The van der Waals surface area contributed by atoms with Crippen molar-refractivity contribution in [1.29, 1.82) is 0 Å². The lowest BCUT2D eigenvalue weighted by Gasteiger charge is -2.17. The Labute approximate surface area is 106 Å². The van der Waals surface area contributed by atoms with Crippen LogP contribution in [-0.2, 0) is 6.42 Å². The molecule has 1 fully saturated rings. The Kier molecular flexibility index (Phi) is 5.06. The summed E-state index contributed by atoms with van der Waals surface area (Å²) in [6, 6.07) is 11.8. The second kappa shape index (κ2) is 6.80. The average Bonchev–Trinajstić information content (AvgIpc) is 3.18. The molecule has 0 bridgehead atoms. The van der Waals surface area contributed by atoms with Crippen LogP contribution in [0.15, 0.2) is 30.3 Å². The molecule has 17 heavy (non-hydrogen) atoms. The first-order valence-electron chi connectivity index (χ1n) is 7.15. The van der Waals surface area contributed by atoms with Crippen molar-refractivity contribution < 1.29 is 0 Å². The second-order valence-electron chi connectivity index (χ2n) is 5.38. The largest absolute Gasteiger partial charge is 0.314 e. The summed E-state index contributed by atoms with van der Waals surface area (Å²) in [5, 5.41) is 3.69.